The Kier molecular flexibility index (Phi) is 6.52. The first-order valence-electron chi connectivity index (χ1n) is 6.76. The summed E-state index contributed by atoms with van der Waals surface area (Å²) in [5, 5.41) is 3.32. The average molecular weight is 241 g/mol. The predicted octanol–water partition coefficient (Wildman–Crippen LogP) is 0.786. The van der Waals surface area contributed by atoms with Crippen LogP contribution >= 0.6 is 0 Å². The molecule has 1 amide bonds. The lowest BCUT2D eigenvalue weighted by molar-refractivity contribution is -0.131. The monoisotopic (exact) mass is 241 g/mol. The van der Waals surface area contributed by atoms with Crippen molar-refractivity contribution in [3.05, 3.63) is 0 Å². The molecule has 1 fully saturated rings. The van der Waals surface area contributed by atoms with Gasteiger partial charge in [-0.15, -0.1) is 0 Å². The normalized spacial score (nSPS) is 17.6. The van der Waals surface area contributed by atoms with Crippen LogP contribution in [0.1, 0.15) is 26.7 Å². The van der Waals surface area contributed by atoms with Crippen LogP contribution in [0.5, 0.6) is 0 Å². The molecule has 0 spiro atoms. The SMILES string of the molecule is CC(C)CCN(C)CC(=O)N1CCCNCC1. The van der Waals surface area contributed by atoms with E-state index in [1.54, 1.807) is 0 Å². The minimum Gasteiger partial charge on any atom is -0.340 e. The molecule has 1 heterocycles. The number of carbonyl (C=O) groups excluding carboxylic acids is 1. The van der Waals surface area contributed by atoms with Crippen LogP contribution < -0.4 is 5.32 Å². The predicted molar refractivity (Wildman–Crippen MR) is 71.0 cm³/mol. The third-order valence-electron chi connectivity index (χ3n) is 3.19. The first-order chi connectivity index (χ1) is 8.09. The van der Waals surface area contributed by atoms with Crippen LogP contribution in [0.25, 0.3) is 0 Å². The number of nitrogens with zero attached hydrogens (tertiary/aromatic N) is 2. The van der Waals surface area contributed by atoms with Crippen molar-refractivity contribution in [2.24, 2.45) is 5.92 Å². The number of rotatable bonds is 5. The Hall–Kier alpha value is -0.610. The second-order valence-corrected chi connectivity index (χ2v) is 5.40. The fourth-order valence-electron chi connectivity index (χ4n) is 1.98. The summed E-state index contributed by atoms with van der Waals surface area (Å²) in [4.78, 5) is 16.2. The van der Waals surface area contributed by atoms with Crippen molar-refractivity contribution in [1.82, 2.24) is 15.1 Å². The molecule has 4 nitrogen and oxygen atoms in total. The Bertz CT molecular complexity index is 223. The van der Waals surface area contributed by atoms with Crippen LogP contribution in [0.3, 0.4) is 0 Å². The summed E-state index contributed by atoms with van der Waals surface area (Å²) in [5.74, 6) is 0.981. The second kappa shape index (κ2) is 7.67. The van der Waals surface area contributed by atoms with E-state index >= 15 is 0 Å². The van der Waals surface area contributed by atoms with Crippen LogP contribution in [0.4, 0.5) is 0 Å². The highest BCUT2D eigenvalue weighted by molar-refractivity contribution is 5.78. The van der Waals surface area contributed by atoms with E-state index in [4.69, 9.17) is 0 Å². The zero-order valence-electron chi connectivity index (χ0n) is 11.5. The van der Waals surface area contributed by atoms with Gasteiger partial charge in [0.1, 0.15) is 0 Å². The van der Waals surface area contributed by atoms with Gasteiger partial charge in [-0.2, -0.15) is 0 Å². The molecule has 1 N–H and O–H groups in total. The van der Waals surface area contributed by atoms with E-state index in [1.807, 2.05) is 11.9 Å². The summed E-state index contributed by atoms with van der Waals surface area (Å²) in [5.41, 5.74) is 0. The lowest BCUT2D eigenvalue weighted by Gasteiger charge is -2.24. The van der Waals surface area contributed by atoms with Gasteiger partial charge in [0.05, 0.1) is 6.54 Å². The van der Waals surface area contributed by atoms with E-state index in [1.165, 1.54) is 0 Å². The Morgan fingerprint density at radius 3 is 2.82 bits per heavy atom. The van der Waals surface area contributed by atoms with Gasteiger partial charge >= 0.3 is 0 Å². The lowest BCUT2D eigenvalue weighted by atomic mass is 10.1. The smallest absolute Gasteiger partial charge is 0.236 e. The van der Waals surface area contributed by atoms with E-state index in [0.29, 0.717) is 12.5 Å². The quantitative estimate of drug-likeness (QED) is 0.773. The van der Waals surface area contributed by atoms with Crippen molar-refractivity contribution >= 4 is 5.91 Å². The van der Waals surface area contributed by atoms with Crippen LogP contribution in [0.2, 0.25) is 0 Å². The van der Waals surface area contributed by atoms with E-state index in [2.05, 4.69) is 24.1 Å². The molecule has 1 aliphatic rings. The van der Waals surface area contributed by atoms with Crippen LogP contribution in [-0.2, 0) is 4.79 Å². The van der Waals surface area contributed by atoms with Crippen LogP contribution in [-0.4, -0.2) is 62.0 Å². The molecule has 1 saturated heterocycles. The van der Waals surface area contributed by atoms with Crippen molar-refractivity contribution < 1.29 is 4.79 Å². The fraction of sp³-hybridized carbons (Fsp3) is 0.923. The van der Waals surface area contributed by atoms with Crippen molar-refractivity contribution in [1.29, 1.82) is 0 Å². The molecule has 0 aromatic rings. The minimum atomic E-state index is 0.278. The first kappa shape index (κ1) is 14.5. The number of amides is 1. The first-order valence-corrected chi connectivity index (χ1v) is 6.76. The number of nitrogens with one attached hydrogen (secondary N) is 1. The number of hydrogen-bond donors (Lipinski definition) is 1. The Morgan fingerprint density at radius 1 is 1.35 bits per heavy atom. The third kappa shape index (κ3) is 6.03. The molecular weight excluding hydrogens is 214 g/mol. The summed E-state index contributed by atoms with van der Waals surface area (Å²) < 4.78 is 0. The van der Waals surface area contributed by atoms with Gasteiger partial charge in [0.15, 0.2) is 0 Å². The molecule has 0 aliphatic carbocycles. The molecular formula is C13H27N3O. The van der Waals surface area contributed by atoms with Gasteiger partial charge in [0.25, 0.3) is 0 Å². The van der Waals surface area contributed by atoms with Gasteiger partial charge in [-0.1, -0.05) is 13.8 Å². The van der Waals surface area contributed by atoms with Gasteiger partial charge in [-0.25, -0.2) is 0 Å². The summed E-state index contributed by atoms with van der Waals surface area (Å²) in [7, 11) is 2.04. The molecule has 0 unspecified atom stereocenters. The highest BCUT2D eigenvalue weighted by Crippen LogP contribution is 2.02. The van der Waals surface area contributed by atoms with Gasteiger partial charge in [-0.3, -0.25) is 9.69 Å². The minimum absolute atomic E-state index is 0.278. The van der Waals surface area contributed by atoms with Gasteiger partial charge < -0.3 is 10.2 Å². The summed E-state index contributed by atoms with van der Waals surface area (Å²) in [6.45, 7) is 9.74. The van der Waals surface area contributed by atoms with E-state index in [9.17, 15) is 4.79 Å². The maximum Gasteiger partial charge on any atom is 0.236 e. The zero-order chi connectivity index (χ0) is 12.7. The number of hydrogen-bond acceptors (Lipinski definition) is 3. The maximum atomic E-state index is 12.1. The highest BCUT2D eigenvalue weighted by Gasteiger charge is 2.16. The van der Waals surface area contributed by atoms with Crippen molar-refractivity contribution in [2.45, 2.75) is 26.7 Å². The summed E-state index contributed by atoms with van der Waals surface area (Å²) in [6.07, 6.45) is 2.23. The molecule has 0 radical (unpaired) electrons. The van der Waals surface area contributed by atoms with Gasteiger partial charge in [0.2, 0.25) is 5.91 Å². The zero-order valence-corrected chi connectivity index (χ0v) is 11.5. The standard InChI is InChI=1S/C13H27N3O/c1-12(2)5-9-15(3)11-13(17)16-8-4-6-14-7-10-16/h12,14H,4-11H2,1-3H3. The number of carbonyl (C=O) groups is 1. The van der Waals surface area contributed by atoms with Crippen molar-refractivity contribution in [3.8, 4) is 0 Å². The second-order valence-electron chi connectivity index (χ2n) is 5.40. The van der Waals surface area contributed by atoms with E-state index < -0.39 is 0 Å². The molecule has 17 heavy (non-hydrogen) atoms. The average Bonchev–Trinajstić information content (AvgIpc) is 2.54. The van der Waals surface area contributed by atoms with Crippen molar-refractivity contribution in [3.63, 3.8) is 0 Å². The third-order valence-corrected chi connectivity index (χ3v) is 3.19. The van der Waals surface area contributed by atoms with Crippen LogP contribution in [0, 0.1) is 5.92 Å². The molecule has 1 rings (SSSR count). The molecule has 0 saturated carbocycles. The van der Waals surface area contributed by atoms with Crippen LogP contribution in [0.15, 0.2) is 0 Å². The molecule has 100 valence electrons. The molecule has 0 bridgehead atoms. The highest BCUT2D eigenvalue weighted by atomic mass is 16.2. The topological polar surface area (TPSA) is 35.6 Å². The Labute approximate surface area is 105 Å². The van der Waals surface area contributed by atoms with E-state index in [-0.39, 0.29) is 5.91 Å². The fourth-order valence-corrected chi connectivity index (χ4v) is 1.98. The molecule has 1 aliphatic heterocycles. The molecule has 0 aromatic carbocycles. The van der Waals surface area contributed by atoms with Gasteiger partial charge in [0, 0.05) is 19.6 Å². The summed E-state index contributed by atoms with van der Waals surface area (Å²) in [6, 6.07) is 0. The Balaban J connectivity index is 2.26. The van der Waals surface area contributed by atoms with E-state index in [0.717, 1.165) is 45.6 Å². The molecule has 0 atom stereocenters. The number of likely N-dealkylation sites (N-methyl/N-ethyl adjacent to an activating group) is 1. The summed E-state index contributed by atoms with van der Waals surface area (Å²) >= 11 is 0. The lowest BCUT2D eigenvalue weighted by Crippen LogP contribution is -2.41. The largest absolute Gasteiger partial charge is 0.340 e. The van der Waals surface area contributed by atoms with Gasteiger partial charge in [-0.05, 0) is 38.9 Å². The van der Waals surface area contributed by atoms with Crippen molar-refractivity contribution in [2.75, 3.05) is 46.3 Å². The molecule has 4 heteroatoms. The maximum absolute atomic E-state index is 12.1. The molecule has 0 aromatic heterocycles. The Morgan fingerprint density at radius 2 is 2.12 bits per heavy atom.